The summed E-state index contributed by atoms with van der Waals surface area (Å²) in [5.74, 6) is 1.92. The number of rotatable bonds is 5. The lowest BCUT2D eigenvalue weighted by Gasteiger charge is -2.13. The summed E-state index contributed by atoms with van der Waals surface area (Å²) < 4.78 is 11.3. The zero-order valence-corrected chi connectivity index (χ0v) is 15.2. The van der Waals surface area contributed by atoms with Crippen LogP contribution >= 0.6 is 0 Å². The largest absolute Gasteiger partial charge is 0.496 e. The fraction of sp³-hybridized carbons (Fsp3) is 0.167. The molecule has 0 radical (unpaired) electrons. The van der Waals surface area contributed by atoms with E-state index in [0.29, 0.717) is 0 Å². The maximum Gasteiger partial charge on any atom is 0.129 e. The van der Waals surface area contributed by atoms with Crippen molar-refractivity contribution in [1.29, 1.82) is 0 Å². The van der Waals surface area contributed by atoms with Crippen LogP contribution in [-0.2, 0) is 12.8 Å². The monoisotopic (exact) mass is 342 g/mol. The fourth-order valence-corrected chi connectivity index (χ4v) is 3.65. The van der Waals surface area contributed by atoms with E-state index in [9.17, 15) is 0 Å². The minimum Gasteiger partial charge on any atom is -0.496 e. The molecule has 4 aromatic rings. The van der Waals surface area contributed by atoms with E-state index >= 15 is 0 Å². The molecule has 0 aromatic heterocycles. The van der Waals surface area contributed by atoms with Gasteiger partial charge in [-0.05, 0) is 40.8 Å². The summed E-state index contributed by atoms with van der Waals surface area (Å²) in [6, 6.07) is 25.5. The molecule has 0 fully saturated rings. The Hall–Kier alpha value is -3.00. The van der Waals surface area contributed by atoms with Gasteiger partial charge in [-0.15, -0.1) is 0 Å². The summed E-state index contributed by atoms with van der Waals surface area (Å²) in [5, 5.41) is 4.75. The van der Waals surface area contributed by atoms with Crippen LogP contribution in [0.4, 0.5) is 0 Å². The lowest BCUT2D eigenvalue weighted by molar-refractivity contribution is 0.414. The maximum atomic E-state index is 5.74. The highest BCUT2D eigenvalue weighted by Crippen LogP contribution is 2.32. The average Bonchev–Trinajstić information content (AvgIpc) is 2.71. The van der Waals surface area contributed by atoms with Crippen molar-refractivity contribution in [3.05, 3.63) is 83.9 Å². The Morgan fingerprint density at radius 2 is 1.38 bits per heavy atom. The first kappa shape index (κ1) is 16.5. The van der Waals surface area contributed by atoms with Gasteiger partial charge in [-0.3, -0.25) is 0 Å². The molecule has 0 amide bonds. The van der Waals surface area contributed by atoms with Gasteiger partial charge in [0.25, 0.3) is 0 Å². The SMILES string of the molecule is COc1cc(CCc2ccc3ccccc3c2OC)cc2ccccc12. The normalized spacial score (nSPS) is 11.0. The van der Waals surface area contributed by atoms with Crippen molar-refractivity contribution in [2.45, 2.75) is 12.8 Å². The Balaban J connectivity index is 1.67. The van der Waals surface area contributed by atoms with E-state index in [0.717, 1.165) is 29.7 Å². The third kappa shape index (κ3) is 2.99. The number of aryl methyl sites for hydroxylation is 2. The topological polar surface area (TPSA) is 18.5 Å². The first-order valence-corrected chi connectivity index (χ1v) is 8.90. The smallest absolute Gasteiger partial charge is 0.129 e. The molecule has 4 rings (SSSR count). The van der Waals surface area contributed by atoms with Crippen molar-refractivity contribution >= 4 is 21.5 Å². The molecule has 0 unspecified atom stereocenters. The van der Waals surface area contributed by atoms with Gasteiger partial charge in [0, 0.05) is 10.8 Å². The molecule has 0 aliphatic carbocycles. The van der Waals surface area contributed by atoms with Crippen molar-refractivity contribution in [2.24, 2.45) is 0 Å². The van der Waals surface area contributed by atoms with Crippen LogP contribution in [0.15, 0.2) is 72.8 Å². The van der Waals surface area contributed by atoms with Crippen LogP contribution in [0.1, 0.15) is 11.1 Å². The highest BCUT2D eigenvalue weighted by atomic mass is 16.5. The number of hydrogen-bond donors (Lipinski definition) is 0. The van der Waals surface area contributed by atoms with Crippen LogP contribution < -0.4 is 9.47 Å². The van der Waals surface area contributed by atoms with Crippen LogP contribution in [0.5, 0.6) is 11.5 Å². The van der Waals surface area contributed by atoms with Gasteiger partial charge < -0.3 is 9.47 Å². The van der Waals surface area contributed by atoms with Crippen LogP contribution in [0.25, 0.3) is 21.5 Å². The van der Waals surface area contributed by atoms with Gasteiger partial charge in [-0.2, -0.15) is 0 Å². The predicted molar refractivity (Wildman–Crippen MR) is 108 cm³/mol. The van der Waals surface area contributed by atoms with Crippen molar-refractivity contribution in [3.8, 4) is 11.5 Å². The molecular weight excluding hydrogens is 320 g/mol. The minimum atomic E-state index is 0.926. The average molecular weight is 342 g/mol. The number of ether oxygens (including phenoxy) is 2. The molecule has 0 heterocycles. The first-order chi connectivity index (χ1) is 12.8. The highest BCUT2D eigenvalue weighted by molar-refractivity contribution is 5.90. The molecule has 0 aliphatic rings. The van der Waals surface area contributed by atoms with Crippen molar-refractivity contribution in [2.75, 3.05) is 14.2 Å². The van der Waals surface area contributed by atoms with Gasteiger partial charge in [0.15, 0.2) is 0 Å². The number of benzene rings is 4. The van der Waals surface area contributed by atoms with Crippen molar-refractivity contribution < 1.29 is 9.47 Å². The molecule has 0 N–H and O–H groups in total. The Labute approximate surface area is 154 Å². The van der Waals surface area contributed by atoms with E-state index in [1.807, 2.05) is 6.07 Å². The van der Waals surface area contributed by atoms with Gasteiger partial charge in [0.05, 0.1) is 14.2 Å². The van der Waals surface area contributed by atoms with Gasteiger partial charge in [-0.25, -0.2) is 0 Å². The number of fused-ring (bicyclic) bond motifs is 2. The first-order valence-electron chi connectivity index (χ1n) is 8.90. The molecular formula is C24H22O2. The molecule has 0 atom stereocenters. The van der Waals surface area contributed by atoms with Gasteiger partial charge in [-0.1, -0.05) is 66.7 Å². The van der Waals surface area contributed by atoms with E-state index < -0.39 is 0 Å². The molecule has 0 saturated carbocycles. The molecule has 2 nitrogen and oxygen atoms in total. The summed E-state index contributed by atoms with van der Waals surface area (Å²) in [5.41, 5.74) is 2.51. The van der Waals surface area contributed by atoms with E-state index in [2.05, 4.69) is 66.7 Å². The predicted octanol–water partition coefficient (Wildman–Crippen LogP) is 5.80. The molecule has 0 spiro atoms. The number of methoxy groups -OCH3 is 2. The molecule has 2 heteroatoms. The Morgan fingerprint density at radius 3 is 2.15 bits per heavy atom. The zero-order valence-electron chi connectivity index (χ0n) is 15.2. The lowest BCUT2D eigenvalue weighted by Crippen LogP contribution is -1.97. The maximum absolute atomic E-state index is 5.74. The number of hydrogen-bond acceptors (Lipinski definition) is 2. The van der Waals surface area contributed by atoms with E-state index in [4.69, 9.17) is 9.47 Å². The fourth-order valence-electron chi connectivity index (χ4n) is 3.65. The molecule has 4 aromatic carbocycles. The summed E-state index contributed by atoms with van der Waals surface area (Å²) in [4.78, 5) is 0. The molecule has 26 heavy (non-hydrogen) atoms. The highest BCUT2D eigenvalue weighted by Gasteiger charge is 2.10. The third-order valence-electron chi connectivity index (χ3n) is 4.95. The van der Waals surface area contributed by atoms with E-state index in [1.165, 1.54) is 27.3 Å². The van der Waals surface area contributed by atoms with Crippen molar-refractivity contribution in [3.63, 3.8) is 0 Å². The van der Waals surface area contributed by atoms with E-state index in [1.54, 1.807) is 14.2 Å². The summed E-state index contributed by atoms with van der Waals surface area (Å²) in [6.45, 7) is 0. The zero-order chi connectivity index (χ0) is 17.9. The Morgan fingerprint density at radius 1 is 0.654 bits per heavy atom. The van der Waals surface area contributed by atoms with Crippen molar-refractivity contribution in [1.82, 2.24) is 0 Å². The Kier molecular flexibility index (Phi) is 4.49. The van der Waals surface area contributed by atoms with Gasteiger partial charge in [0.1, 0.15) is 11.5 Å². The molecule has 0 aliphatic heterocycles. The molecule has 0 bridgehead atoms. The molecule has 0 saturated heterocycles. The Bertz CT molecular complexity index is 1070. The lowest BCUT2D eigenvalue weighted by atomic mass is 9.98. The summed E-state index contributed by atoms with van der Waals surface area (Å²) in [7, 11) is 3.49. The second-order valence-corrected chi connectivity index (χ2v) is 6.50. The van der Waals surface area contributed by atoms with E-state index in [-0.39, 0.29) is 0 Å². The molecule has 130 valence electrons. The summed E-state index contributed by atoms with van der Waals surface area (Å²) in [6.07, 6.45) is 1.87. The second kappa shape index (κ2) is 7.09. The second-order valence-electron chi connectivity index (χ2n) is 6.50. The minimum absolute atomic E-state index is 0.926. The van der Waals surface area contributed by atoms with Gasteiger partial charge >= 0.3 is 0 Å². The van der Waals surface area contributed by atoms with Crippen LogP contribution in [-0.4, -0.2) is 14.2 Å². The standard InChI is InChI=1S/C24H22O2/c1-25-23-16-17(15-20-8-4-5-9-21(20)23)11-12-19-14-13-18-7-3-6-10-22(18)24(19)26-2/h3-10,13-16H,11-12H2,1-2H3. The summed E-state index contributed by atoms with van der Waals surface area (Å²) >= 11 is 0. The van der Waals surface area contributed by atoms with Crippen LogP contribution in [0, 0.1) is 0 Å². The third-order valence-corrected chi connectivity index (χ3v) is 4.95. The van der Waals surface area contributed by atoms with Gasteiger partial charge in [0.2, 0.25) is 0 Å². The van der Waals surface area contributed by atoms with Crippen LogP contribution in [0.3, 0.4) is 0 Å². The quantitative estimate of drug-likeness (QED) is 0.457. The van der Waals surface area contributed by atoms with Crippen LogP contribution in [0.2, 0.25) is 0 Å².